The maximum atomic E-state index is 10.5. The maximum Gasteiger partial charge on any atom is 0.303 e. The molecular weight excluding hydrogens is 260 g/mol. The summed E-state index contributed by atoms with van der Waals surface area (Å²) in [6, 6.07) is 3.20. The number of hydrogen-bond acceptors (Lipinski definition) is 5. The second-order valence-electron chi connectivity index (χ2n) is 4.01. The molecule has 2 aromatic heterocycles. The second-order valence-corrected chi connectivity index (χ2v) is 4.38. The van der Waals surface area contributed by atoms with Gasteiger partial charge in [-0.2, -0.15) is 0 Å². The number of halogens is 1. The van der Waals surface area contributed by atoms with Crippen LogP contribution in [0.5, 0.6) is 0 Å². The second kappa shape index (κ2) is 5.22. The largest absolute Gasteiger partial charge is 0.481 e. The summed E-state index contributed by atoms with van der Waals surface area (Å²) >= 11 is 5.64. The summed E-state index contributed by atoms with van der Waals surface area (Å²) in [6.45, 7) is 1.81. The van der Waals surface area contributed by atoms with Crippen molar-refractivity contribution in [2.75, 3.05) is 0 Å². The van der Waals surface area contributed by atoms with E-state index in [2.05, 4.69) is 10.2 Å². The van der Waals surface area contributed by atoms with E-state index in [9.17, 15) is 4.79 Å². The number of carboxylic acid groups (broad SMARTS) is 1. The fraction of sp³-hybridized carbons (Fsp3) is 0.364. The molecule has 1 unspecified atom stereocenters. The lowest BCUT2D eigenvalue weighted by Crippen LogP contribution is -2.07. The van der Waals surface area contributed by atoms with Gasteiger partial charge in [0, 0.05) is 12.8 Å². The molecule has 0 saturated carbocycles. The molecule has 0 bridgehead atoms. The van der Waals surface area contributed by atoms with Crippen molar-refractivity contribution in [2.45, 2.75) is 19.8 Å². The SMILES string of the molecule is CC(CC(=O)O)Cc1nnc(-c2ccc(Cl)o2)o1. The number of aromatic nitrogens is 2. The monoisotopic (exact) mass is 270 g/mol. The lowest BCUT2D eigenvalue weighted by atomic mass is 10.0. The summed E-state index contributed by atoms with van der Waals surface area (Å²) in [6.07, 6.45) is 0.470. The van der Waals surface area contributed by atoms with E-state index in [0.29, 0.717) is 18.1 Å². The minimum Gasteiger partial charge on any atom is -0.481 e. The van der Waals surface area contributed by atoms with Crippen molar-refractivity contribution in [3.05, 3.63) is 23.2 Å². The molecule has 0 aromatic carbocycles. The third kappa shape index (κ3) is 3.10. The van der Waals surface area contributed by atoms with Gasteiger partial charge in [-0.15, -0.1) is 10.2 Å². The fourth-order valence-electron chi connectivity index (χ4n) is 1.53. The molecule has 0 amide bonds. The number of rotatable bonds is 5. The topological polar surface area (TPSA) is 89.4 Å². The first kappa shape index (κ1) is 12.6. The van der Waals surface area contributed by atoms with Crippen molar-refractivity contribution < 1.29 is 18.7 Å². The van der Waals surface area contributed by atoms with Gasteiger partial charge in [0.05, 0.1) is 0 Å². The summed E-state index contributed by atoms with van der Waals surface area (Å²) in [7, 11) is 0. The number of nitrogens with zero attached hydrogens (tertiary/aromatic N) is 2. The highest BCUT2D eigenvalue weighted by molar-refractivity contribution is 6.28. The maximum absolute atomic E-state index is 10.5. The van der Waals surface area contributed by atoms with Crippen molar-refractivity contribution in [1.82, 2.24) is 10.2 Å². The van der Waals surface area contributed by atoms with Crippen LogP contribution in [0.15, 0.2) is 21.0 Å². The van der Waals surface area contributed by atoms with Crippen molar-refractivity contribution in [2.24, 2.45) is 5.92 Å². The fourth-order valence-corrected chi connectivity index (χ4v) is 1.68. The molecule has 0 aliphatic rings. The molecule has 0 spiro atoms. The van der Waals surface area contributed by atoms with Crippen LogP contribution in [0.25, 0.3) is 11.7 Å². The third-order valence-electron chi connectivity index (χ3n) is 2.30. The van der Waals surface area contributed by atoms with Gasteiger partial charge in [-0.05, 0) is 29.7 Å². The Bertz CT molecular complexity index is 549. The number of furan rings is 1. The summed E-state index contributed by atoms with van der Waals surface area (Å²) in [5.74, 6) is 0.0892. The Balaban J connectivity index is 2.04. The van der Waals surface area contributed by atoms with E-state index in [1.807, 2.05) is 6.92 Å². The molecule has 0 radical (unpaired) electrons. The molecule has 1 N–H and O–H groups in total. The molecule has 2 rings (SSSR count). The van der Waals surface area contributed by atoms with Gasteiger partial charge in [-0.3, -0.25) is 4.79 Å². The van der Waals surface area contributed by atoms with Crippen molar-refractivity contribution >= 4 is 17.6 Å². The lowest BCUT2D eigenvalue weighted by molar-refractivity contribution is -0.137. The quantitative estimate of drug-likeness (QED) is 0.898. The molecule has 6 nitrogen and oxygen atoms in total. The minimum absolute atomic E-state index is 0.0598. The van der Waals surface area contributed by atoms with Gasteiger partial charge in [0.15, 0.2) is 11.0 Å². The first-order valence-corrected chi connectivity index (χ1v) is 5.72. The van der Waals surface area contributed by atoms with Crippen LogP contribution in [-0.2, 0) is 11.2 Å². The van der Waals surface area contributed by atoms with Crippen LogP contribution in [-0.4, -0.2) is 21.3 Å². The average Bonchev–Trinajstić information content (AvgIpc) is 2.85. The summed E-state index contributed by atoms with van der Waals surface area (Å²) in [5, 5.41) is 16.5. The molecule has 0 aliphatic heterocycles. The Kier molecular flexibility index (Phi) is 3.66. The van der Waals surface area contributed by atoms with Crippen LogP contribution < -0.4 is 0 Å². The minimum atomic E-state index is -0.847. The molecule has 2 heterocycles. The van der Waals surface area contributed by atoms with E-state index in [4.69, 9.17) is 25.5 Å². The first-order valence-electron chi connectivity index (χ1n) is 5.34. The van der Waals surface area contributed by atoms with E-state index < -0.39 is 5.97 Å². The molecule has 2 aromatic rings. The highest BCUT2D eigenvalue weighted by Crippen LogP contribution is 2.24. The predicted octanol–water partition coefficient (Wildman–Crippen LogP) is 2.64. The smallest absolute Gasteiger partial charge is 0.303 e. The average molecular weight is 271 g/mol. The zero-order valence-electron chi connectivity index (χ0n) is 9.59. The third-order valence-corrected chi connectivity index (χ3v) is 2.50. The van der Waals surface area contributed by atoms with Crippen molar-refractivity contribution in [3.8, 4) is 11.7 Å². The molecule has 1 atom stereocenters. The standard InChI is InChI=1S/C11H11ClN2O4/c1-6(5-10(15)16)4-9-13-14-11(18-9)7-2-3-8(12)17-7/h2-3,6H,4-5H2,1H3,(H,15,16). The van der Waals surface area contributed by atoms with Crippen LogP contribution >= 0.6 is 11.6 Å². The van der Waals surface area contributed by atoms with Gasteiger partial charge < -0.3 is 13.9 Å². The molecule has 18 heavy (non-hydrogen) atoms. The molecular formula is C11H11ClN2O4. The van der Waals surface area contributed by atoms with Gasteiger partial charge in [-0.25, -0.2) is 0 Å². The molecule has 7 heteroatoms. The van der Waals surface area contributed by atoms with Gasteiger partial charge in [0.2, 0.25) is 5.89 Å². The number of aliphatic carboxylic acids is 1. The van der Waals surface area contributed by atoms with Crippen LogP contribution in [0.3, 0.4) is 0 Å². The number of hydrogen-bond donors (Lipinski definition) is 1. The van der Waals surface area contributed by atoms with Crippen LogP contribution in [0, 0.1) is 5.92 Å². The van der Waals surface area contributed by atoms with E-state index in [1.54, 1.807) is 12.1 Å². The van der Waals surface area contributed by atoms with Gasteiger partial charge >= 0.3 is 5.97 Å². The van der Waals surface area contributed by atoms with Crippen molar-refractivity contribution in [1.29, 1.82) is 0 Å². The number of carboxylic acids is 1. The van der Waals surface area contributed by atoms with Crippen LogP contribution in [0.4, 0.5) is 0 Å². The molecule has 0 saturated heterocycles. The van der Waals surface area contributed by atoms with Gasteiger partial charge in [-0.1, -0.05) is 6.92 Å². The highest BCUT2D eigenvalue weighted by Gasteiger charge is 2.16. The predicted molar refractivity (Wildman–Crippen MR) is 62.1 cm³/mol. The normalized spacial score (nSPS) is 12.6. The van der Waals surface area contributed by atoms with E-state index in [1.165, 1.54) is 0 Å². The van der Waals surface area contributed by atoms with E-state index in [0.717, 1.165) is 0 Å². The number of carbonyl (C=O) groups is 1. The molecule has 0 aliphatic carbocycles. The Morgan fingerprint density at radius 2 is 2.22 bits per heavy atom. The summed E-state index contributed by atoms with van der Waals surface area (Å²) in [5.41, 5.74) is 0. The Morgan fingerprint density at radius 1 is 1.44 bits per heavy atom. The lowest BCUT2D eigenvalue weighted by Gasteiger charge is -2.03. The van der Waals surface area contributed by atoms with Gasteiger partial charge in [0.1, 0.15) is 0 Å². The van der Waals surface area contributed by atoms with E-state index in [-0.39, 0.29) is 23.4 Å². The summed E-state index contributed by atoms with van der Waals surface area (Å²) in [4.78, 5) is 10.5. The highest BCUT2D eigenvalue weighted by atomic mass is 35.5. The Morgan fingerprint density at radius 3 is 2.83 bits per heavy atom. The first-order chi connectivity index (χ1) is 8.54. The van der Waals surface area contributed by atoms with Gasteiger partial charge in [0.25, 0.3) is 5.89 Å². The van der Waals surface area contributed by atoms with Crippen LogP contribution in [0.1, 0.15) is 19.2 Å². The van der Waals surface area contributed by atoms with Crippen LogP contribution in [0.2, 0.25) is 5.22 Å². The molecule has 0 fully saturated rings. The Labute approximate surface area is 108 Å². The van der Waals surface area contributed by atoms with E-state index >= 15 is 0 Å². The Hall–Kier alpha value is -1.82. The summed E-state index contributed by atoms with van der Waals surface area (Å²) < 4.78 is 10.5. The molecule has 96 valence electrons. The zero-order chi connectivity index (χ0) is 13.1. The van der Waals surface area contributed by atoms with Crippen molar-refractivity contribution in [3.63, 3.8) is 0 Å². The zero-order valence-corrected chi connectivity index (χ0v) is 10.3.